The van der Waals surface area contributed by atoms with E-state index in [4.69, 9.17) is 21.1 Å². The first-order chi connectivity index (χ1) is 13.0. The number of ketones is 1. The number of hydrogen-bond donors (Lipinski definition) is 1. The third-order valence-corrected chi connectivity index (χ3v) is 4.82. The summed E-state index contributed by atoms with van der Waals surface area (Å²) in [6.45, 7) is 1.35. The fourth-order valence-electron chi connectivity index (χ4n) is 2.94. The second-order valence-electron chi connectivity index (χ2n) is 6.64. The van der Waals surface area contributed by atoms with Crippen LogP contribution in [0, 0.1) is 5.92 Å². The maximum atomic E-state index is 12.4. The number of carbonyl (C=O) groups is 2. The minimum Gasteiger partial charge on any atom is -0.493 e. The van der Waals surface area contributed by atoms with Crippen molar-refractivity contribution < 1.29 is 19.1 Å². The molecule has 1 N–H and O–H groups in total. The van der Waals surface area contributed by atoms with E-state index < -0.39 is 0 Å². The topological polar surface area (TPSA) is 64.6 Å². The van der Waals surface area contributed by atoms with E-state index in [1.165, 1.54) is 14.0 Å². The van der Waals surface area contributed by atoms with Gasteiger partial charge in [0.25, 0.3) is 5.91 Å². The van der Waals surface area contributed by atoms with E-state index in [0.717, 1.165) is 18.4 Å². The first-order valence-corrected chi connectivity index (χ1v) is 9.22. The van der Waals surface area contributed by atoms with Gasteiger partial charge < -0.3 is 14.8 Å². The molecule has 1 aliphatic rings. The predicted octanol–water partition coefficient (Wildman–Crippen LogP) is 4.20. The van der Waals surface area contributed by atoms with Crippen LogP contribution in [0.1, 0.15) is 41.7 Å². The summed E-state index contributed by atoms with van der Waals surface area (Å²) in [6.07, 6.45) is 2.18. The van der Waals surface area contributed by atoms with Gasteiger partial charge in [0.05, 0.1) is 13.2 Å². The molecule has 142 valence electrons. The number of halogens is 1. The van der Waals surface area contributed by atoms with E-state index in [1.807, 2.05) is 24.3 Å². The number of methoxy groups -OCH3 is 1. The van der Waals surface area contributed by atoms with Crippen molar-refractivity contribution in [2.45, 2.75) is 25.8 Å². The van der Waals surface area contributed by atoms with Gasteiger partial charge in [0.2, 0.25) is 0 Å². The smallest absolute Gasteiger partial charge is 0.258 e. The fourth-order valence-corrected chi connectivity index (χ4v) is 3.06. The molecule has 3 rings (SSSR count). The molecule has 2 aromatic carbocycles. The van der Waals surface area contributed by atoms with E-state index in [2.05, 4.69) is 5.32 Å². The van der Waals surface area contributed by atoms with Gasteiger partial charge in [-0.3, -0.25) is 9.59 Å². The summed E-state index contributed by atoms with van der Waals surface area (Å²) in [5.74, 6) is 1.02. The Bertz CT molecular complexity index is 831. The Morgan fingerprint density at radius 3 is 2.44 bits per heavy atom. The standard InChI is InChI=1S/C21H22ClNO4/c1-13(24)16-7-10-18(19(11-16)26-2)27-12-20(25)23-21(14-3-4-14)15-5-8-17(22)9-6-15/h5-11,14,21H,3-4,12H2,1-2H3,(H,23,25). The van der Waals surface area contributed by atoms with Crippen molar-refractivity contribution in [1.29, 1.82) is 0 Å². The Balaban J connectivity index is 1.63. The number of rotatable bonds is 8. The molecule has 6 heteroatoms. The van der Waals surface area contributed by atoms with Gasteiger partial charge in [-0.25, -0.2) is 0 Å². The number of Topliss-reactive ketones (excluding diaryl/α,β-unsaturated/α-hetero) is 1. The molecule has 1 saturated carbocycles. The summed E-state index contributed by atoms with van der Waals surface area (Å²) >= 11 is 5.95. The Morgan fingerprint density at radius 2 is 1.85 bits per heavy atom. The molecule has 1 amide bonds. The number of carbonyl (C=O) groups excluding carboxylic acids is 2. The van der Waals surface area contributed by atoms with Gasteiger partial charge >= 0.3 is 0 Å². The summed E-state index contributed by atoms with van der Waals surface area (Å²) in [7, 11) is 1.50. The monoisotopic (exact) mass is 387 g/mol. The largest absolute Gasteiger partial charge is 0.493 e. The second-order valence-corrected chi connectivity index (χ2v) is 7.08. The van der Waals surface area contributed by atoms with E-state index >= 15 is 0 Å². The van der Waals surface area contributed by atoms with Crippen molar-refractivity contribution in [2.75, 3.05) is 13.7 Å². The van der Waals surface area contributed by atoms with Gasteiger partial charge in [0.15, 0.2) is 23.9 Å². The molecule has 0 bridgehead atoms. The van der Waals surface area contributed by atoms with Gasteiger partial charge in [-0.15, -0.1) is 0 Å². The molecule has 0 spiro atoms. The van der Waals surface area contributed by atoms with Crippen LogP contribution < -0.4 is 14.8 Å². The summed E-state index contributed by atoms with van der Waals surface area (Å²) in [4.78, 5) is 23.9. The van der Waals surface area contributed by atoms with E-state index in [-0.39, 0.29) is 24.3 Å². The first kappa shape index (κ1) is 19.2. The third kappa shape index (κ3) is 5.01. The molecule has 0 saturated heterocycles. The van der Waals surface area contributed by atoms with Crippen LogP contribution in [0.25, 0.3) is 0 Å². The van der Waals surface area contributed by atoms with Crippen LogP contribution >= 0.6 is 11.6 Å². The molecular weight excluding hydrogens is 366 g/mol. The van der Waals surface area contributed by atoms with Crippen molar-refractivity contribution in [3.05, 3.63) is 58.6 Å². The predicted molar refractivity (Wildman–Crippen MR) is 104 cm³/mol. The van der Waals surface area contributed by atoms with E-state index in [0.29, 0.717) is 28.0 Å². The Kier molecular flexibility index (Phi) is 6.01. The zero-order valence-corrected chi connectivity index (χ0v) is 16.1. The third-order valence-electron chi connectivity index (χ3n) is 4.57. The highest BCUT2D eigenvalue weighted by atomic mass is 35.5. The molecule has 5 nitrogen and oxygen atoms in total. The summed E-state index contributed by atoms with van der Waals surface area (Å²) in [5.41, 5.74) is 1.57. The highest BCUT2D eigenvalue weighted by molar-refractivity contribution is 6.30. The van der Waals surface area contributed by atoms with Gasteiger partial charge in [-0.2, -0.15) is 0 Å². The Morgan fingerprint density at radius 1 is 1.15 bits per heavy atom. The SMILES string of the molecule is COc1cc(C(C)=O)ccc1OCC(=O)NC(c1ccc(Cl)cc1)C1CC1. The zero-order valence-electron chi connectivity index (χ0n) is 15.3. The molecular formula is C21H22ClNO4. The van der Waals surface area contributed by atoms with Gasteiger partial charge in [0.1, 0.15) is 0 Å². The van der Waals surface area contributed by atoms with Crippen LogP contribution in [-0.4, -0.2) is 25.4 Å². The normalized spacial score (nSPS) is 14.3. The molecule has 2 aromatic rings. The van der Waals surface area contributed by atoms with Gasteiger partial charge in [-0.05, 0) is 61.6 Å². The number of ether oxygens (including phenoxy) is 2. The molecule has 1 aliphatic carbocycles. The molecule has 0 radical (unpaired) electrons. The maximum Gasteiger partial charge on any atom is 0.258 e. The van der Waals surface area contributed by atoms with Crippen molar-refractivity contribution in [3.8, 4) is 11.5 Å². The van der Waals surface area contributed by atoms with Crippen molar-refractivity contribution in [1.82, 2.24) is 5.32 Å². The average Bonchev–Trinajstić information content (AvgIpc) is 3.50. The maximum absolute atomic E-state index is 12.4. The fraction of sp³-hybridized carbons (Fsp3) is 0.333. The molecule has 1 atom stereocenters. The average molecular weight is 388 g/mol. The molecule has 1 unspecified atom stereocenters. The highest BCUT2D eigenvalue weighted by Gasteiger charge is 2.33. The van der Waals surface area contributed by atoms with E-state index in [9.17, 15) is 9.59 Å². The molecule has 1 fully saturated rings. The summed E-state index contributed by atoms with van der Waals surface area (Å²) < 4.78 is 10.9. The van der Waals surface area contributed by atoms with E-state index in [1.54, 1.807) is 18.2 Å². The van der Waals surface area contributed by atoms with Crippen LogP contribution in [-0.2, 0) is 4.79 Å². The lowest BCUT2D eigenvalue weighted by atomic mass is 10.0. The molecule has 0 heterocycles. The Labute approximate surface area is 163 Å². The minimum absolute atomic E-state index is 0.0413. The van der Waals surface area contributed by atoms with Crippen molar-refractivity contribution >= 4 is 23.3 Å². The first-order valence-electron chi connectivity index (χ1n) is 8.84. The molecule has 0 aromatic heterocycles. The van der Waals surface area contributed by atoms with Crippen molar-refractivity contribution in [3.63, 3.8) is 0 Å². The minimum atomic E-state index is -0.209. The number of hydrogen-bond acceptors (Lipinski definition) is 4. The number of amides is 1. The molecule has 27 heavy (non-hydrogen) atoms. The van der Waals surface area contributed by atoms with Crippen molar-refractivity contribution in [2.24, 2.45) is 5.92 Å². The van der Waals surface area contributed by atoms with Crippen LogP contribution in [0.2, 0.25) is 5.02 Å². The Hall–Kier alpha value is -2.53. The van der Waals surface area contributed by atoms with Crippen LogP contribution in [0.4, 0.5) is 0 Å². The lowest BCUT2D eigenvalue weighted by molar-refractivity contribution is -0.124. The highest BCUT2D eigenvalue weighted by Crippen LogP contribution is 2.41. The molecule has 0 aliphatic heterocycles. The van der Waals surface area contributed by atoms with Crippen LogP contribution in [0.3, 0.4) is 0 Å². The number of benzene rings is 2. The zero-order chi connectivity index (χ0) is 19.4. The quantitative estimate of drug-likeness (QED) is 0.689. The summed E-state index contributed by atoms with van der Waals surface area (Å²) in [6, 6.07) is 12.4. The van der Waals surface area contributed by atoms with Gasteiger partial charge in [-0.1, -0.05) is 23.7 Å². The van der Waals surface area contributed by atoms with Crippen LogP contribution in [0.5, 0.6) is 11.5 Å². The second kappa shape index (κ2) is 8.44. The van der Waals surface area contributed by atoms with Gasteiger partial charge in [0, 0.05) is 10.6 Å². The number of nitrogens with one attached hydrogen (secondary N) is 1. The lowest BCUT2D eigenvalue weighted by Crippen LogP contribution is -2.33. The lowest BCUT2D eigenvalue weighted by Gasteiger charge is -2.19. The van der Waals surface area contributed by atoms with Crippen LogP contribution in [0.15, 0.2) is 42.5 Å². The summed E-state index contributed by atoms with van der Waals surface area (Å²) in [5, 5.41) is 3.72.